The van der Waals surface area contributed by atoms with Gasteiger partial charge in [0.05, 0.1) is 6.54 Å². The molecule has 0 spiro atoms. The molecule has 138 valence electrons. The standard InChI is InChI=1S/C17H31N5S.HI/c1-5-18-16(22-14-17(2,3)23-4)21-13-9-8-12-20-15-10-6-7-11-19-15;/h6-7,10-11H,5,8-9,12-14H2,1-4H3,(H,19,20)(H2,18,21,22);1H. The summed E-state index contributed by atoms with van der Waals surface area (Å²) in [6, 6.07) is 5.91. The van der Waals surface area contributed by atoms with Crippen molar-refractivity contribution in [2.75, 3.05) is 37.8 Å². The van der Waals surface area contributed by atoms with Crippen LogP contribution in [-0.4, -0.2) is 48.1 Å². The van der Waals surface area contributed by atoms with Gasteiger partial charge in [0.2, 0.25) is 0 Å². The second kappa shape index (κ2) is 13.6. The van der Waals surface area contributed by atoms with Gasteiger partial charge in [-0.15, -0.1) is 24.0 Å². The molecular formula is C17H32IN5S. The van der Waals surface area contributed by atoms with Crippen molar-refractivity contribution in [1.82, 2.24) is 15.6 Å². The number of hydrogen-bond acceptors (Lipinski definition) is 4. The number of guanidine groups is 1. The Morgan fingerprint density at radius 1 is 1.21 bits per heavy atom. The number of halogens is 1. The van der Waals surface area contributed by atoms with E-state index >= 15 is 0 Å². The minimum atomic E-state index is 0. The van der Waals surface area contributed by atoms with Gasteiger partial charge < -0.3 is 16.0 Å². The molecule has 0 amide bonds. The molecule has 0 fully saturated rings. The summed E-state index contributed by atoms with van der Waals surface area (Å²) in [7, 11) is 0. The van der Waals surface area contributed by atoms with Gasteiger partial charge in [0.25, 0.3) is 0 Å². The van der Waals surface area contributed by atoms with E-state index in [1.54, 1.807) is 6.20 Å². The predicted octanol–water partition coefficient (Wildman–Crippen LogP) is 3.59. The van der Waals surface area contributed by atoms with Gasteiger partial charge >= 0.3 is 0 Å². The molecule has 0 bridgehead atoms. The monoisotopic (exact) mass is 465 g/mol. The van der Waals surface area contributed by atoms with Crippen molar-refractivity contribution >= 4 is 47.5 Å². The Morgan fingerprint density at radius 3 is 2.58 bits per heavy atom. The highest BCUT2D eigenvalue weighted by Gasteiger charge is 2.15. The second-order valence-electron chi connectivity index (χ2n) is 5.93. The van der Waals surface area contributed by atoms with Gasteiger partial charge in [0.1, 0.15) is 5.82 Å². The SMILES string of the molecule is CCNC(=NCC(C)(C)SC)NCCCCNc1ccccn1.I. The molecule has 0 radical (unpaired) electrons. The Kier molecular flexibility index (Phi) is 13.2. The topological polar surface area (TPSA) is 61.3 Å². The molecule has 0 unspecified atom stereocenters. The summed E-state index contributed by atoms with van der Waals surface area (Å²) < 4.78 is 0.176. The molecule has 0 aliphatic heterocycles. The number of thioether (sulfide) groups is 1. The number of unbranched alkanes of at least 4 members (excludes halogenated alkanes) is 1. The van der Waals surface area contributed by atoms with Crippen molar-refractivity contribution in [2.24, 2.45) is 4.99 Å². The lowest BCUT2D eigenvalue weighted by molar-refractivity contribution is 0.691. The quantitative estimate of drug-likeness (QED) is 0.213. The van der Waals surface area contributed by atoms with Crippen LogP contribution in [0, 0.1) is 0 Å². The summed E-state index contributed by atoms with van der Waals surface area (Å²) in [6.45, 7) is 10.1. The van der Waals surface area contributed by atoms with Crippen LogP contribution in [0.2, 0.25) is 0 Å². The van der Waals surface area contributed by atoms with Crippen LogP contribution < -0.4 is 16.0 Å². The molecular weight excluding hydrogens is 433 g/mol. The van der Waals surface area contributed by atoms with Crippen LogP contribution in [0.3, 0.4) is 0 Å². The lowest BCUT2D eigenvalue weighted by Gasteiger charge is -2.20. The first kappa shape index (κ1) is 23.3. The van der Waals surface area contributed by atoms with E-state index in [0.29, 0.717) is 0 Å². The first-order valence-electron chi connectivity index (χ1n) is 8.29. The highest BCUT2D eigenvalue weighted by Crippen LogP contribution is 2.20. The van der Waals surface area contributed by atoms with Crippen molar-refractivity contribution in [3.8, 4) is 0 Å². The van der Waals surface area contributed by atoms with Gasteiger partial charge in [0.15, 0.2) is 5.96 Å². The predicted molar refractivity (Wildman–Crippen MR) is 119 cm³/mol. The van der Waals surface area contributed by atoms with Gasteiger partial charge in [0, 0.05) is 30.6 Å². The zero-order chi connectivity index (χ0) is 17.0. The van der Waals surface area contributed by atoms with E-state index in [0.717, 1.165) is 50.8 Å². The number of pyridine rings is 1. The van der Waals surface area contributed by atoms with Crippen molar-refractivity contribution in [3.05, 3.63) is 24.4 Å². The molecule has 0 aromatic carbocycles. The van der Waals surface area contributed by atoms with E-state index in [4.69, 9.17) is 0 Å². The van der Waals surface area contributed by atoms with E-state index in [9.17, 15) is 0 Å². The Balaban J connectivity index is 0.00000529. The molecule has 1 heterocycles. The Morgan fingerprint density at radius 2 is 1.96 bits per heavy atom. The number of aliphatic imine (C=N–C) groups is 1. The lowest BCUT2D eigenvalue weighted by atomic mass is 10.2. The number of aromatic nitrogens is 1. The van der Waals surface area contributed by atoms with Gasteiger partial charge in [-0.05, 0) is 52.0 Å². The van der Waals surface area contributed by atoms with E-state index in [1.165, 1.54) is 0 Å². The third kappa shape index (κ3) is 11.0. The van der Waals surface area contributed by atoms with Crippen LogP contribution in [-0.2, 0) is 0 Å². The highest BCUT2D eigenvalue weighted by atomic mass is 127. The fourth-order valence-corrected chi connectivity index (χ4v) is 2.01. The molecule has 0 saturated heterocycles. The van der Waals surface area contributed by atoms with E-state index in [1.807, 2.05) is 30.0 Å². The van der Waals surface area contributed by atoms with Gasteiger partial charge in [-0.3, -0.25) is 4.99 Å². The minimum Gasteiger partial charge on any atom is -0.370 e. The molecule has 1 aromatic rings. The summed E-state index contributed by atoms with van der Waals surface area (Å²) in [5.41, 5.74) is 0. The minimum absolute atomic E-state index is 0. The van der Waals surface area contributed by atoms with Gasteiger partial charge in [-0.2, -0.15) is 11.8 Å². The molecule has 1 aromatic heterocycles. The number of nitrogens with zero attached hydrogens (tertiary/aromatic N) is 2. The lowest BCUT2D eigenvalue weighted by Crippen LogP contribution is -2.39. The van der Waals surface area contributed by atoms with Gasteiger partial charge in [-0.1, -0.05) is 6.07 Å². The summed E-state index contributed by atoms with van der Waals surface area (Å²) in [5, 5.41) is 10.0. The molecule has 0 aliphatic rings. The van der Waals surface area contributed by atoms with Crippen molar-refractivity contribution in [1.29, 1.82) is 0 Å². The molecule has 0 saturated carbocycles. The highest BCUT2D eigenvalue weighted by molar-refractivity contribution is 14.0. The Bertz CT molecular complexity index is 454. The van der Waals surface area contributed by atoms with Crippen LogP contribution in [0.4, 0.5) is 5.82 Å². The van der Waals surface area contributed by atoms with Crippen LogP contribution >= 0.6 is 35.7 Å². The van der Waals surface area contributed by atoms with E-state index < -0.39 is 0 Å². The largest absolute Gasteiger partial charge is 0.370 e. The normalized spacial score (nSPS) is 11.6. The maximum atomic E-state index is 4.67. The summed E-state index contributed by atoms with van der Waals surface area (Å²) in [6.07, 6.45) is 6.12. The van der Waals surface area contributed by atoms with Crippen molar-refractivity contribution in [2.45, 2.75) is 38.4 Å². The number of anilines is 1. The zero-order valence-corrected chi connectivity index (χ0v) is 18.4. The molecule has 0 atom stereocenters. The van der Waals surface area contributed by atoms with Crippen LogP contribution in [0.5, 0.6) is 0 Å². The number of hydrogen-bond donors (Lipinski definition) is 3. The molecule has 5 nitrogen and oxygen atoms in total. The Hall–Kier alpha value is -0.700. The summed E-state index contributed by atoms with van der Waals surface area (Å²) in [5.74, 6) is 1.85. The van der Waals surface area contributed by atoms with E-state index in [-0.39, 0.29) is 28.7 Å². The summed E-state index contributed by atoms with van der Waals surface area (Å²) >= 11 is 1.84. The second-order valence-corrected chi connectivity index (χ2v) is 7.45. The van der Waals surface area contributed by atoms with Crippen molar-refractivity contribution < 1.29 is 0 Å². The van der Waals surface area contributed by atoms with Crippen molar-refractivity contribution in [3.63, 3.8) is 0 Å². The van der Waals surface area contributed by atoms with Gasteiger partial charge in [-0.25, -0.2) is 4.98 Å². The van der Waals surface area contributed by atoms with Crippen LogP contribution in [0.25, 0.3) is 0 Å². The van der Waals surface area contributed by atoms with E-state index in [2.05, 4.69) is 53.0 Å². The number of rotatable bonds is 10. The Labute approximate surface area is 168 Å². The molecule has 7 heteroatoms. The number of nitrogens with one attached hydrogen (secondary N) is 3. The maximum Gasteiger partial charge on any atom is 0.191 e. The van der Waals surface area contributed by atoms with Crippen LogP contribution in [0.1, 0.15) is 33.6 Å². The van der Waals surface area contributed by atoms with Crippen LogP contribution in [0.15, 0.2) is 29.4 Å². The molecule has 0 aliphatic carbocycles. The first-order chi connectivity index (χ1) is 11.1. The third-order valence-corrected chi connectivity index (χ3v) is 4.62. The smallest absolute Gasteiger partial charge is 0.191 e. The zero-order valence-electron chi connectivity index (χ0n) is 15.3. The average molecular weight is 465 g/mol. The molecule has 1 rings (SSSR count). The fraction of sp³-hybridized carbons (Fsp3) is 0.647. The third-order valence-electron chi connectivity index (χ3n) is 3.38. The summed E-state index contributed by atoms with van der Waals surface area (Å²) in [4.78, 5) is 8.92. The first-order valence-corrected chi connectivity index (χ1v) is 9.52. The average Bonchev–Trinajstić information content (AvgIpc) is 2.56. The molecule has 3 N–H and O–H groups in total. The molecule has 24 heavy (non-hydrogen) atoms. The maximum absolute atomic E-state index is 4.67. The fourth-order valence-electron chi connectivity index (χ4n) is 1.82.